The smallest absolute Gasteiger partial charge is 0.191 e. The number of nitrogens with zero attached hydrogens (tertiary/aromatic N) is 3. The SMILES string of the molecule is CCOC1CC(NC(=NC)NC2CCN(Cc3ccccn3)CC2)C12CCC2. The summed E-state index contributed by atoms with van der Waals surface area (Å²) in [5.74, 6) is 0.967. The second-order valence-corrected chi connectivity index (χ2v) is 8.55. The lowest BCUT2D eigenvalue weighted by Gasteiger charge is -2.61. The highest BCUT2D eigenvalue weighted by molar-refractivity contribution is 5.80. The Morgan fingerprint density at radius 3 is 2.71 bits per heavy atom. The van der Waals surface area contributed by atoms with Gasteiger partial charge in [0.15, 0.2) is 5.96 Å². The Hall–Kier alpha value is -1.66. The fourth-order valence-electron chi connectivity index (χ4n) is 5.13. The normalized spacial score (nSPS) is 27.9. The molecule has 2 saturated carbocycles. The maximum atomic E-state index is 5.98. The first-order valence-electron chi connectivity index (χ1n) is 11.0. The van der Waals surface area contributed by atoms with Crippen LogP contribution >= 0.6 is 0 Å². The molecule has 1 aromatic rings. The largest absolute Gasteiger partial charge is 0.378 e. The molecule has 154 valence electrons. The van der Waals surface area contributed by atoms with Crippen LogP contribution in [0.3, 0.4) is 0 Å². The van der Waals surface area contributed by atoms with E-state index in [-0.39, 0.29) is 0 Å². The van der Waals surface area contributed by atoms with Crippen LogP contribution in [0, 0.1) is 5.41 Å². The van der Waals surface area contributed by atoms with Crippen LogP contribution in [0.5, 0.6) is 0 Å². The van der Waals surface area contributed by atoms with Crippen LogP contribution in [-0.4, -0.2) is 60.8 Å². The number of rotatable bonds is 6. The van der Waals surface area contributed by atoms with Gasteiger partial charge in [-0.05, 0) is 51.2 Å². The molecule has 2 unspecified atom stereocenters. The van der Waals surface area contributed by atoms with Gasteiger partial charge in [-0.2, -0.15) is 0 Å². The standard InChI is InChI=1S/C22H35N5O/c1-3-28-20-15-19(22(20)10-6-11-22)26-21(23-2)25-17-8-13-27(14-9-17)16-18-7-4-5-12-24-18/h4-5,7,12,17,19-20H,3,6,8-11,13-16H2,1-2H3,(H2,23,25,26). The minimum atomic E-state index is 0.361. The summed E-state index contributed by atoms with van der Waals surface area (Å²) in [6.07, 6.45) is 9.63. The van der Waals surface area contributed by atoms with Gasteiger partial charge in [0.25, 0.3) is 0 Å². The highest BCUT2D eigenvalue weighted by atomic mass is 16.5. The molecule has 2 N–H and O–H groups in total. The van der Waals surface area contributed by atoms with Crippen LogP contribution in [0.2, 0.25) is 0 Å². The number of aromatic nitrogens is 1. The molecule has 2 atom stereocenters. The van der Waals surface area contributed by atoms with Gasteiger partial charge in [0.2, 0.25) is 0 Å². The fraction of sp³-hybridized carbons (Fsp3) is 0.727. The van der Waals surface area contributed by atoms with Crippen molar-refractivity contribution in [1.29, 1.82) is 0 Å². The number of hydrogen-bond acceptors (Lipinski definition) is 4. The summed E-state index contributed by atoms with van der Waals surface area (Å²) in [4.78, 5) is 11.5. The monoisotopic (exact) mass is 385 g/mol. The van der Waals surface area contributed by atoms with Crippen molar-refractivity contribution in [2.24, 2.45) is 10.4 Å². The number of guanidine groups is 1. The molecular weight excluding hydrogens is 350 g/mol. The number of nitrogens with one attached hydrogen (secondary N) is 2. The summed E-state index contributed by atoms with van der Waals surface area (Å²) < 4.78 is 5.98. The molecule has 0 aromatic carbocycles. The van der Waals surface area contributed by atoms with Crippen molar-refractivity contribution in [2.75, 3.05) is 26.7 Å². The molecule has 3 fully saturated rings. The van der Waals surface area contributed by atoms with Crippen molar-refractivity contribution in [1.82, 2.24) is 20.5 Å². The lowest BCUT2D eigenvalue weighted by molar-refractivity contribution is -0.168. The summed E-state index contributed by atoms with van der Waals surface area (Å²) in [5.41, 5.74) is 1.52. The maximum Gasteiger partial charge on any atom is 0.191 e. The summed E-state index contributed by atoms with van der Waals surface area (Å²) in [7, 11) is 1.89. The zero-order chi connectivity index (χ0) is 19.4. The molecule has 6 heteroatoms. The summed E-state index contributed by atoms with van der Waals surface area (Å²) >= 11 is 0. The number of hydrogen-bond donors (Lipinski definition) is 2. The Balaban J connectivity index is 1.23. The quantitative estimate of drug-likeness (QED) is 0.582. The molecule has 6 nitrogen and oxygen atoms in total. The van der Waals surface area contributed by atoms with E-state index < -0.39 is 0 Å². The van der Waals surface area contributed by atoms with Crippen LogP contribution in [-0.2, 0) is 11.3 Å². The molecule has 28 heavy (non-hydrogen) atoms. The number of ether oxygens (including phenoxy) is 1. The van der Waals surface area contributed by atoms with Crippen molar-refractivity contribution in [2.45, 2.75) is 70.2 Å². The predicted octanol–water partition coefficient (Wildman–Crippen LogP) is 2.56. The third-order valence-electron chi connectivity index (χ3n) is 7.01. The zero-order valence-electron chi connectivity index (χ0n) is 17.4. The molecule has 2 aliphatic carbocycles. The second kappa shape index (κ2) is 8.78. The lowest BCUT2D eigenvalue weighted by Crippen LogP contribution is -2.69. The maximum absolute atomic E-state index is 5.98. The summed E-state index contributed by atoms with van der Waals surface area (Å²) in [6.45, 7) is 6.08. The van der Waals surface area contributed by atoms with Crippen LogP contribution in [0.15, 0.2) is 29.4 Å². The van der Waals surface area contributed by atoms with E-state index in [1.54, 1.807) is 0 Å². The summed E-state index contributed by atoms with van der Waals surface area (Å²) in [5, 5.41) is 7.40. The van der Waals surface area contributed by atoms with Crippen molar-refractivity contribution in [3.8, 4) is 0 Å². The molecule has 1 saturated heterocycles. The van der Waals surface area contributed by atoms with Crippen LogP contribution in [0.4, 0.5) is 0 Å². The number of likely N-dealkylation sites (tertiary alicyclic amines) is 1. The topological polar surface area (TPSA) is 61.8 Å². The first kappa shape index (κ1) is 19.6. The van der Waals surface area contributed by atoms with Gasteiger partial charge in [0.05, 0.1) is 11.8 Å². The third-order valence-corrected chi connectivity index (χ3v) is 7.01. The molecule has 1 aromatic heterocycles. The molecule has 2 heterocycles. The molecule has 3 aliphatic rings. The van der Waals surface area contributed by atoms with Gasteiger partial charge in [-0.3, -0.25) is 14.9 Å². The molecule has 4 rings (SSSR count). The van der Waals surface area contributed by atoms with E-state index in [2.05, 4.69) is 44.6 Å². The highest BCUT2D eigenvalue weighted by Crippen LogP contribution is 2.57. The van der Waals surface area contributed by atoms with Gasteiger partial charge >= 0.3 is 0 Å². The molecular formula is C22H35N5O. The number of piperidine rings is 1. The van der Waals surface area contributed by atoms with Crippen molar-refractivity contribution in [3.63, 3.8) is 0 Å². The van der Waals surface area contributed by atoms with E-state index in [0.29, 0.717) is 23.6 Å². The van der Waals surface area contributed by atoms with Gasteiger partial charge in [0.1, 0.15) is 0 Å². The number of pyridine rings is 1. The van der Waals surface area contributed by atoms with Gasteiger partial charge in [-0.1, -0.05) is 12.5 Å². The van der Waals surface area contributed by atoms with Crippen molar-refractivity contribution >= 4 is 5.96 Å². The van der Waals surface area contributed by atoms with E-state index in [1.165, 1.54) is 19.3 Å². The molecule has 0 bridgehead atoms. The first-order valence-corrected chi connectivity index (χ1v) is 11.0. The van der Waals surface area contributed by atoms with Crippen LogP contribution < -0.4 is 10.6 Å². The minimum Gasteiger partial charge on any atom is -0.378 e. The van der Waals surface area contributed by atoms with Gasteiger partial charge in [-0.25, -0.2) is 0 Å². The van der Waals surface area contributed by atoms with E-state index in [0.717, 1.165) is 57.2 Å². The van der Waals surface area contributed by atoms with Crippen LogP contribution in [0.25, 0.3) is 0 Å². The van der Waals surface area contributed by atoms with Crippen LogP contribution in [0.1, 0.15) is 51.1 Å². The third kappa shape index (κ3) is 4.03. The van der Waals surface area contributed by atoms with Gasteiger partial charge in [0, 0.05) is 57.0 Å². The molecule has 0 radical (unpaired) electrons. The molecule has 1 aliphatic heterocycles. The number of aliphatic imine (C=N–C) groups is 1. The average Bonchev–Trinajstić information content (AvgIpc) is 2.67. The van der Waals surface area contributed by atoms with Crippen molar-refractivity contribution < 1.29 is 4.74 Å². The molecule has 1 spiro atoms. The summed E-state index contributed by atoms with van der Waals surface area (Å²) in [6, 6.07) is 7.16. The zero-order valence-corrected chi connectivity index (χ0v) is 17.4. The van der Waals surface area contributed by atoms with Crippen molar-refractivity contribution in [3.05, 3.63) is 30.1 Å². The Labute approximate surface area is 169 Å². The Bertz CT molecular complexity index is 652. The average molecular weight is 386 g/mol. The van der Waals surface area contributed by atoms with E-state index in [4.69, 9.17) is 4.74 Å². The van der Waals surface area contributed by atoms with E-state index in [9.17, 15) is 0 Å². The van der Waals surface area contributed by atoms with E-state index in [1.807, 2.05) is 19.3 Å². The lowest BCUT2D eigenvalue weighted by atomic mass is 9.51. The molecule has 0 amide bonds. The van der Waals surface area contributed by atoms with Gasteiger partial charge < -0.3 is 15.4 Å². The Morgan fingerprint density at radius 2 is 2.11 bits per heavy atom. The Morgan fingerprint density at radius 1 is 1.29 bits per heavy atom. The van der Waals surface area contributed by atoms with E-state index >= 15 is 0 Å². The van der Waals surface area contributed by atoms with Gasteiger partial charge in [-0.15, -0.1) is 0 Å². The first-order chi connectivity index (χ1) is 13.7. The Kier molecular flexibility index (Phi) is 6.16. The fourth-order valence-corrected chi connectivity index (χ4v) is 5.13. The minimum absolute atomic E-state index is 0.361. The predicted molar refractivity (Wildman–Crippen MR) is 112 cm³/mol. The highest BCUT2D eigenvalue weighted by Gasteiger charge is 2.59. The second-order valence-electron chi connectivity index (χ2n) is 8.55.